The van der Waals surface area contributed by atoms with E-state index in [-0.39, 0.29) is 11.9 Å². The van der Waals surface area contributed by atoms with E-state index >= 15 is 0 Å². The van der Waals surface area contributed by atoms with Crippen LogP contribution in [0.25, 0.3) is 11.3 Å². The summed E-state index contributed by atoms with van der Waals surface area (Å²) in [6.07, 6.45) is 4.22. The van der Waals surface area contributed by atoms with E-state index in [1.807, 2.05) is 56.0 Å². The SMILES string of the molecule is COc1ccc(-c2cc(C3CCCCCN3C(=O)C(C)(C)C)no2)cc1. The fourth-order valence-corrected chi connectivity index (χ4v) is 3.43. The van der Waals surface area contributed by atoms with Gasteiger partial charge in [-0.2, -0.15) is 0 Å². The second kappa shape index (κ2) is 7.52. The van der Waals surface area contributed by atoms with Crippen molar-refractivity contribution in [2.45, 2.75) is 52.5 Å². The first-order valence-corrected chi connectivity index (χ1v) is 9.32. The third kappa shape index (κ3) is 3.92. The summed E-state index contributed by atoms with van der Waals surface area (Å²) in [5.74, 6) is 1.70. The van der Waals surface area contributed by atoms with Crippen LogP contribution in [0.2, 0.25) is 0 Å². The molecule has 1 aliphatic heterocycles. The van der Waals surface area contributed by atoms with E-state index in [4.69, 9.17) is 9.26 Å². The van der Waals surface area contributed by atoms with E-state index in [9.17, 15) is 4.79 Å². The molecule has 0 N–H and O–H groups in total. The summed E-state index contributed by atoms with van der Waals surface area (Å²) in [5, 5.41) is 4.32. The van der Waals surface area contributed by atoms with Crippen molar-refractivity contribution in [2.75, 3.05) is 13.7 Å². The lowest BCUT2D eigenvalue weighted by molar-refractivity contribution is -0.142. The number of carbonyl (C=O) groups excluding carboxylic acids is 1. The molecule has 5 heteroatoms. The molecule has 1 aliphatic rings. The van der Waals surface area contributed by atoms with Crippen molar-refractivity contribution in [3.8, 4) is 17.1 Å². The van der Waals surface area contributed by atoms with Crippen molar-refractivity contribution >= 4 is 5.91 Å². The standard InChI is InChI=1S/C21H28N2O3/c1-21(2,3)20(24)23-13-7-5-6-8-18(23)17-14-19(26-22-17)15-9-11-16(25-4)12-10-15/h9-12,14,18H,5-8,13H2,1-4H3. The van der Waals surface area contributed by atoms with Crippen LogP contribution < -0.4 is 4.74 Å². The molecule has 1 atom stereocenters. The van der Waals surface area contributed by atoms with Crippen LogP contribution in [-0.2, 0) is 4.79 Å². The fourth-order valence-electron chi connectivity index (χ4n) is 3.43. The highest BCUT2D eigenvalue weighted by molar-refractivity contribution is 5.82. The molecular weight excluding hydrogens is 328 g/mol. The molecule has 3 rings (SSSR count). The number of rotatable bonds is 3. The van der Waals surface area contributed by atoms with Crippen LogP contribution in [0, 0.1) is 5.41 Å². The summed E-state index contributed by atoms with van der Waals surface area (Å²) in [4.78, 5) is 15.0. The number of nitrogens with zero attached hydrogens (tertiary/aromatic N) is 2. The topological polar surface area (TPSA) is 55.6 Å². The van der Waals surface area contributed by atoms with Crippen LogP contribution in [0.4, 0.5) is 0 Å². The predicted octanol–water partition coefficient (Wildman–Crippen LogP) is 4.84. The van der Waals surface area contributed by atoms with Gasteiger partial charge in [0.2, 0.25) is 5.91 Å². The number of aromatic nitrogens is 1. The van der Waals surface area contributed by atoms with Crippen molar-refractivity contribution in [3.63, 3.8) is 0 Å². The van der Waals surface area contributed by atoms with Gasteiger partial charge in [0.05, 0.1) is 13.2 Å². The minimum absolute atomic E-state index is 0.0139. The Hall–Kier alpha value is -2.30. The van der Waals surface area contributed by atoms with Gasteiger partial charge in [0.25, 0.3) is 0 Å². The fraction of sp³-hybridized carbons (Fsp3) is 0.524. The smallest absolute Gasteiger partial charge is 0.228 e. The number of carbonyl (C=O) groups is 1. The van der Waals surface area contributed by atoms with E-state index < -0.39 is 5.41 Å². The zero-order chi connectivity index (χ0) is 18.7. The molecule has 1 aromatic heterocycles. The molecule has 1 amide bonds. The molecule has 0 spiro atoms. The maximum atomic E-state index is 13.0. The van der Waals surface area contributed by atoms with Crippen molar-refractivity contribution in [1.82, 2.24) is 10.1 Å². The third-order valence-electron chi connectivity index (χ3n) is 4.90. The summed E-state index contributed by atoms with van der Waals surface area (Å²) in [7, 11) is 1.65. The Morgan fingerprint density at radius 2 is 1.92 bits per heavy atom. The number of hydrogen-bond acceptors (Lipinski definition) is 4. The first kappa shape index (κ1) is 18.5. The largest absolute Gasteiger partial charge is 0.497 e. The average Bonchev–Trinajstić information content (AvgIpc) is 2.98. The second-order valence-electron chi connectivity index (χ2n) is 7.96. The lowest BCUT2D eigenvalue weighted by atomic mass is 9.93. The summed E-state index contributed by atoms with van der Waals surface area (Å²) in [5.41, 5.74) is 1.40. The van der Waals surface area contributed by atoms with Gasteiger partial charge in [-0.1, -0.05) is 38.8 Å². The van der Waals surface area contributed by atoms with Gasteiger partial charge < -0.3 is 14.2 Å². The Labute approximate surface area is 155 Å². The average molecular weight is 356 g/mol. The molecule has 2 heterocycles. The van der Waals surface area contributed by atoms with E-state index in [2.05, 4.69) is 5.16 Å². The number of hydrogen-bond donors (Lipinski definition) is 0. The number of benzene rings is 1. The monoisotopic (exact) mass is 356 g/mol. The van der Waals surface area contributed by atoms with Crippen molar-refractivity contribution in [1.29, 1.82) is 0 Å². The molecule has 1 fully saturated rings. The van der Waals surface area contributed by atoms with Crippen molar-refractivity contribution in [2.24, 2.45) is 5.41 Å². The molecule has 0 saturated carbocycles. The van der Waals surface area contributed by atoms with E-state index in [0.29, 0.717) is 0 Å². The summed E-state index contributed by atoms with van der Waals surface area (Å²) in [6, 6.07) is 9.67. The molecule has 26 heavy (non-hydrogen) atoms. The van der Waals surface area contributed by atoms with Gasteiger partial charge in [-0.3, -0.25) is 4.79 Å². The molecule has 2 aromatic rings. The normalized spacial score (nSPS) is 18.5. The Kier molecular flexibility index (Phi) is 5.35. The molecule has 1 saturated heterocycles. The van der Waals surface area contributed by atoms with Gasteiger partial charge in [-0.15, -0.1) is 0 Å². The maximum Gasteiger partial charge on any atom is 0.228 e. The molecule has 5 nitrogen and oxygen atoms in total. The lowest BCUT2D eigenvalue weighted by Crippen LogP contribution is -2.41. The highest BCUT2D eigenvalue weighted by atomic mass is 16.5. The maximum absolute atomic E-state index is 13.0. The molecule has 1 aromatic carbocycles. The molecule has 1 unspecified atom stereocenters. The first-order valence-electron chi connectivity index (χ1n) is 9.32. The molecule has 0 bridgehead atoms. The van der Waals surface area contributed by atoms with Crippen LogP contribution in [0.5, 0.6) is 5.75 Å². The van der Waals surface area contributed by atoms with Gasteiger partial charge in [0.15, 0.2) is 5.76 Å². The Bertz CT molecular complexity index is 743. The van der Waals surface area contributed by atoms with Crippen LogP contribution >= 0.6 is 0 Å². The zero-order valence-electron chi connectivity index (χ0n) is 16.1. The highest BCUT2D eigenvalue weighted by Gasteiger charge is 2.34. The van der Waals surface area contributed by atoms with E-state index in [1.165, 1.54) is 0 Å². The molecule has 0 radical (unpaired) electrons. The van der Waals surface area contributed by atoms with Crippen molar-refractivity contribution < 1.29 is 14.1 Å². The lowest BCUT2D eigenvalue weighted by Gasteiger charge is -2.33. The Morgan fingerprint density at radius 3 is 2.58 bits per heavy atom. The summed E-state index contributed by atoms with van der Waals surface area (Å²) >= 11 is 0. The van der Waals surface area contributed by atoms with Crippen LogP contribution in [0.1, 0.15) is 58.2 Å². The quantitative estimate of drug-likeness (QED) is 0.789. The van der Waals surface area contributed by atoms with Crippen LogP contribution in [-0.4, -0.2) is 29.6 Å². The molecule has 0 aliphatic carbocycles. The minimum atomic E-state index is -0.398. The molecule has 140 valence electrons. The van der Waals surface area contributed by atoms with Crippen LogP contribution in [0.3, 0.4) is 0 Å². The molecular formula is C21H28N2O3. The minimum Gasteiger partial charge on any atom is -0.497 e. The number of likely N-dealkylation sites (tertiary alicyclic amines) is 1. The highest BCUT2D eigenvalue weighted by Crippen LogP contribution is 2.35. The van der Waals surface area contributed by atoms with E-state index in [1.54, 1.807) is 7.11 Å². The number of ether oxygens (including phenoxy) is 1. The van der Waals surface area contributed by atoms with Crippen molar-refractivity contribution in [3.05, 3.63) is 36.0 Å². The predicted molar refractivity (Wildman–Crippen MR) is 101 cm³/mol. The number of amides is 1. The van der Waals surface area contributed by atoms with E-state index in [0.717, 1.165) is 55.0 Å². The Balaban J connectivity index is 1.87. The Morgan fingerprint density at radius 1 is 1.19 bits per heavy atom. The van der Waals surface area contributed by atoms with Gasteiger partial charge in [0.1, 0.15) is 11.4 Å². The first-order chi connectivity index (χ1) is 12.4. The van der Waals surface area contributed by atoms with Gasteiger partial charge >= 0.3 is 0 Å². The second-order valence-corrected chi connectivity index (χ2v) is 7.96. The zero-order valence-corrected chi connectivity index (χ0v) is 16.1. The van der Waals surface area contributed by atoms with Gasteiger partial charge in [0, 0.05) is 23.6 Å². The van der Waals surface area contributed by atoms with Crippen LogP contribution in [0.15, 0.2) is 34.9 Å². The summed E-state index contributed by atoms with van der Waals surface area (Å²) < 4.78 is 10.8. The van der Waals surface area contributed by atoms with Gasteiger partial charge in [-0.25, -0.2) is 0 Å². The third-order valence-corrected chi connectivity index (χ3v) is 4.90. The number of methoxy groups -OCH3 is 1. The van der Waals surface area contributed by atoms with Gasteiger partial charge in [-0.05, 0) is 37.1 Å². The summed E-state index contributed by atoms with van der Waals surface area (Å²) in [6.45, 7) is 6.71.